The molecular formula is C15H26N2O3. The van der Waals surface area contributed by atoms with E-state index in [1.54, 1.807) is 4.90 Å². The first kappa shape index (κ1) is 15.3. The van der Waals surface area contributed by atoms with E-state index in [2.05, 4.69) is 5.32 Å². The number of aliphatic carboxylic acids is 1. The van der Waals surface area contributed by atoms with Crippen LogP contribution in [0.25, 0.3) is 0 Å². The van der Waals surface area contributed by atoms with E-state index in [0.29, 0.717) is 31.7 Å². The molecule has 2 heterocycles. The number of carbonyl (C=O) groups excluding carboxylic acids is 1. The van der Waals surface area contributed by atoms with E-state index in [1.165, 1.54) is 12.8 Å². The first-order valence-electron chi connectivity index (χ1n) is 7.84. The van der Waals surface area contributed by atoms with Crippen molar-refractivity contribution in [3.63, 3.8) is 0 Å². The average Bonchev–Trinajstić information content (AvgIpc) is 2.91. The molecule has 2 unspecified atom stereocenters. The van der Waals surface area contributed by atoms with Gasteiger partial charge >= 0.3 is 5.97 Å². The summed E-state index contributed by atoms with van der Waals surface area (Å²) in [6.45, 7) is 4.53. The molecule has 20 heavy (non-hydrogen) atoms. The summed E-state index contributed by atoms with van der Waals surface area (Å²) in [5.41, 5.74) is -0.943. The van der Waals surface area contributed by atoms with E-state index in [-0.39, 0.29) is 5.91 Å². The summed E-state index contributed by atoms with van der Waals surface area (Å²) in [4.78, 5) is 25.6. The molecule has 2 fully saturated rings. The molecule has 2 atom stereocenters. The number of carboxylic acid groups (broad SMARTS) is 1. The minimum Gasteiger partial charge on any atom is -0.479 e. The minimum atomic E-state index is -0.943. The molecule has 2 N–H and O–H groups in total. The Labute approximate surface area is 120 Å². The maximum atomic E-state index is 12.4. The van der Waals surface area contributed by atoms with Gasteiger partial charge in [-0.25, -0.2) is 4.79 Å². The van der Waals surface area contributed by atoms with Crippen molar-refractivity contribution in [3.05, 3.63) is 0 Å². The van der Waals surface area contributed by atoms with Crippen LogP contribution in [0.1, 0.15) is 51.9 Å². The third kappa shape index (κ3) is 2.97. The van der Waals surface area contributed by atoms with E-state index in [1.807, 2.05) is 6.92 Å². The molecule has 0 aromatic carbocycles. The Hall–Kier alpha value is -1.10. The lowest BCUT2D eigenvalue weighted by Crippen LogP contribution is -2.52. The molecule has 0 aromatic rings. The summed E-state index contributed by atoms with van der Waals surface area (Å²) in [7, 11) is 0. The average molecular weight is 282 g/mol. The topological polar surface area (TPSA) is 69.6 Å². The Bertz CT molecular complexity index is 366. The molecule has 0 spiro atoms. The smallest absolute Gasteiger partial charge is 0.329 e. The van der Waals surface area contributed by atoms with Gasteiger partial charge < -0.3 is 15.3 Å². The molecule has 0 saturated carbocycles. The van der Waals surface area contributed by atoms with E-state index in [0.717, 1.165) is 25.9 Å². The molecule has 2 aliphatic rings. The Balaban J connectivity index is 1.92. The SMILES string of the molecule is CCC1(C(=O)O)CCCN1C(=O)CCC1CCCNC1. The fourth-order valence-corrected chi connectivity index (χ4v) is 3.62. The van der Waals surface area contributed by atoms with Crippen LogP contribution in [0, 0.1) is 5.92 Å². The van der Waals surface area contributed by atoms with Gasteiger partial charge in [-0.1, -0.05) is 6.92 Å². The number of piperidine rings is 1. The van der Waals surface area contributed by atoms with Crippen molar-refractivity contribution in [2.24, 2.45) is 5.92 Å². The fraction of sp³-hybridized carbons (Fsp3) is 0.867. The Morgan fingerprint density at radius 2 is 2.20 bits per heavy atom. The van der Waals surface area contributed by atoms with Crippen molar-refractivity contribution in [2.45, 2.75) is 57.4 Å². The van der Waals surface area contributed by atoms with Crippen LogP contribution in [0.4, 0.5) is 0 Å². The number of nitrogens with one attached hydrogen (secondary N) is 1. The lowest BCUT2D eigenvalue weighted by atomic mass is 9.91. The Morgan fingerprint density at radius 3 is 2.80 bits per heavy atom. The molecule has 0 bridgehead atoms. The number of nitrogens with zero attached hydrogens (tertiary/aromatic N) is 1. The summed E-state index contributed by atoms with van der Waals surface area (Å²) in [5.74, 6) is -0.251. The molecule has 5 heteroatoms. The molecule has 114 valence electrons. The van der Waals surface area contributed by atoms with Crippen molar-refractivity contribution in [1.82, 2.24) is 10.2 Å². The van der Waals surface area contributed by atoms with Gasteiger partial charge in [0.2, 0.25) is 5.91 Å². The van der Waals surface area contributed by atoms with Crippen molar-refractivity contribution >= 4 is 11.9 Å². The number of hydrogen-bond acceptors (Lipinski definition) is 3. The second kappa shape index (κ2) is 6.57. The van der Waals surface area contributed by atoms with E-state index in [4.69, 9.17) is 0 Å². The highest BCUT2D eigenvalue weighted by atomic mass is 16.4. The molecule has 2 rings (SSSR count). The number of carboxylic acids is 1. The third-order valence-electron chi connectivity index (χ3n) is 4.94. The van der Waals surface area contributed by atoms with Gasteiger partial charge in [-0.3, -0.25) is 4.79 Å². The lowest BCUT2D eigenvalue weighted by Gasteiger charge is -2.34. The first-order valence-corrected chi connectivity index (χ1v) is 7.84. The highest BCUT2D eigenvalue weighted by molar-refractivity contribution is 5.87. The van der Waals surface area contributed by atoms with Crippen LogP contribution in [-0.2, 0) is 9.59 Å². The van der Waals surface area contributed by atoms with Gasteiger partial charge in [0.25, 0.3) is 0 Å². The van der Waals surface area contributed by atoms with E-state index >= 15 is 0 Å². The Kier molecular flexibility index (Phi) is 5.02. The molecule has 0 aromatic heterocycles. The number of amides is 1. The number of rotatable bonds is 5. The van der Waals surface area contributed by atoms with Crippen LogP contribution in [0.15, 0.2) is 0 Å². The van der Waals surface area contributed by atoms with Gasteiger partial charge in [0.05, 0.1) is 0 Å². The summed E-state index contributed by atoms with van der Waals surface area (Å²) >= 11 is 0. The first-order chi connectivity index (χ1) is 9.60. The molecule has 2 aliphatic heterocycles. The third-order valence-corrected chi connectivity index (χ3v) is 4.94. The van der Waals surface area contributed by atoms with Gasteiger partial charge in [0.15, 0.2) is 0 Å². The maximum absolute atomic E-state index is 12.4. The standard InChI is InChI=1S/C15H26N2O3/c1-2-15(14(19)20)8-4-10-17(15)13(18)7-6-12-5-3-9-16-11-12/h12,16H,2-11H2,1H3,(H,19,20). The Morgan fingerprint density at radius 1 is 1.40 bits per heavy atom. The molecule has 1 amide bonds. The van der Waals surface area contributed by atoms with Crippen LogP contribution in [0.5, 0.6) is 0 Å². The summed E-state index contributed by atoms with van der Waals surface area (Å²) in [5, 5.41) is 12.9. The van der Waals surface area contributed by atoms with Crippen LogP contribution in [-0.4, -0.2) is 47.1 Å². The molecule has 2 saturated heterocycles. The monoisotopic (exact) mass is 282 g/mol. The molecular weight excluding hydrogens is 256 g/mol. The van der Waals surface area contributed by atoms with Crippen molar-refractivity contribution in [3.8, 4) is 0 Å². The van der Waals surface area contributed by atoms with Gasteiger partial charge in [-0.2, -0.15) is 0 Å². The second-order valence-corrected chi connectivity index (χ2v) is 6.09. The quantitative estimate of drug-likeness (QED) is 0.804. The van der Waals surface area contributed by atoms with Gasteiger partial charge in [0.1, 0.15) is 5.54 Å². The van der Waals surface area contributed by atoms with Crippen molar-refractivity contribution in [2.75, 3.05) is 19.6 Å². The zero-order chi connectivity index (χ0) is 14.6. The molecule has 0 aliphatic carbocycles. The fourth-order valence-electron chi connectivity index (χ4n) is 3.62. The molecule has 0 radical (unpaired) electrons. The van der Waals surface area contributed by atoms with Crippen LogP contribution >= 0.6 is 0 Å². The number of carbonyl (C=O) groups is 2. The minimum absolute atomic E-state index is 0.0253. The number of likely N-dealkylation sites (tertiary alicyclic amines) is 1. The van der Waals surface area contributed by atoms with Crippen molar-refractivity contribution in [1.29, 1.82) is 0 Å². The number of hydrogen-bond donors (Lipinski definition) is 2. The zero-order valence-corrected chi connectivity index (χ0v) is 12.4. The summed E-state index contributed by atoms with van der Waals surface area (Å²) in [6.07, 6.45) is 5.61. The van der Waals surface area contributed by atoms with Gasteiger partial charge in [-0.05, 0) is 57.5 Å². The highest BCUT2D eigenvalue weighted by Gasteiger charge is 2.48. The van der Waals surface area contributed by atoms with E-state index < -0.39 is 11.5 Å². The summed E-state index contributed by atoms with van der Waals surface area (Å²) in [6, 6.07) is 0. The maximum Gasteiger partial charge on any atom is 0.329 e. The van der Waals surface area contributed by atoms with E-state index in [9.17, 15) is 14.7 Å². The van der Waals surface area contributed by atoms with Crippen LogP contribution in [0.2, 0.25) is 0 Å². The van der Waals surface area contributed by atoms with Crippen LogP contribution in [0.3, 0.4) is 0 Å². The highest BCUT2D eigenvalue weighted by Crippen LogP contribution is 2.33. The summed E-state index contributed by atoms with van der Waals surface area (Å²) < 4.78 is 0. The normalized spacial score (nSPS) is 30.4. The largest absolute Gasteiger partial charge is 0.479 e. The van der Waals surface area contributed by atoms with Gasteiger partial charge in [-0.15, -0.1) is 0 Å². The van der Waals surface area contributed by atoms with Crippen LogP contribution < -0.4 is 5.32 Å². The predicted octanol–water partition coefficient (Wildman–Crippen LogP) is 1.62. The zero-order valence-electron chi connectivity index (χ0n) is 12.4. The molecule has 5 nitrogen and oxygen atoms in total. The van der Waals surface area contributed by atoms with Crippen molar-refractivity contribution < 1.29 is 14.7 Å². The lowest BCUT2D eigenvalue weighted by molar-refractivity contribution is -0.157. The second-order valence-electron chi connectivity index (χ2n) is 6.09. The predicted molar refractivity (Wildman–Crippen MR) is 76.4 cm³/mol. The van der Waals surface area contributed by atoms with Gasteiger partial charge in [0, 0.05) is 13.0 Å².